The molecule has 1 aliphatic heterocycles. The van der Waals surface area contributed by atoms with Crippen molar-refractivity contribution in [3.8, 4) is 0 Å². The van der Waals surface area contributed by atoms with Crippen molar-refractivity contribution in [3.05, 3.63) is 24.0 Å². The summed E-state index contributed by atoms with van der Waals surface area (Å²) >= 11 is 0. The molecule has 1 fully saturated rings. The SMILES string of the molecule is CC1CCCN(S(=O)(=O)c2ccc(S(C)(=O)=O)c(F)c2)C1CN. The minimum Gasteiger partial charge on any atom is -0.329 e. The molecule has 9 heteroatoms. The van der Waals surface area contributed by atoms with Crippen molar-refractivity contribution in [2.24, 2.45) is 11.7 Å². The fraction of sp³-hybridized carbons (Fsp3) is 0.571. The topological polar surface area (TPSA) is 97.5 Å². The van der Waals surface area contributed by atoms with Crippen molar-refractivity contribution >= 4 is 19.9 Å². The van der Waals surface area contributed by atoms with Gasteiger partial charge in [-0.05, 0) is 37.0 Å². The lowest BCUT2D eigenvalue weighted by Gasteiger charge is -2.38. The van der Waals surface area contributed by atoms with Crippen LogP contribution in [0.15, 0.2) is 28.0 Å². The third kappa shape index (κ3) is 3.57. The number of rotatable bonds is 4. The van der Waals surface area contributed by atoms with Gasteiger partial charge in [-0.15, -0.1) is 0 Å². The molecule has 0 amide bonds. The molecule has 0 aromatic heterocycles. The van der Waals surface area contributed by atoms with Gasteiger partial charge >= 0.3 is 0 Å². The van der Waals surface area contributed by atoms with Crippen LogP contribution in [0.5, 0.6) is 0 Å². The van der Waals surface area contributed by atoms with Gasteiger partial charge in [0.25, 0.3) is 0 Å². The summed E-state index contributed by atoms with van der Waals surface area (Å²) in [6, 6.07) is 2.54. The highest BCUT2D eigenvalue weighted by molar-refractivity contribution is 7.90. The molecular weight excluding hydrogens is 343 g/mol. The van der Waals surface area contributed by atoms with E-state index in [1.807, 2.05) is 6.92 Å². The summed E-state index contributed by atoms with van der Waals surface area (Å²) < 4.78 is 63.7. The van der Waals surface area contributed by atoms with E-state index in [9.17, 15) is 21.2 Å². The summed E-state index contributed by atoms with van der Waals surface area (Å²) in [4.78, 5) is -0.770. The molecular formula is C14H21FN2O4S2. The maximum Gasteiger partial charge on any atom is 0.243 e. The number of piperidine rings is 1. The summed E-state index contributed by atoms with van der Waals surface area (Å²) in [5.74, 6) is -0.952. The average molecular weight is 364 g/mol. The lowest BCUT2D eigenvalue weighted by Crippen LogP contribution is -2.51. The number of nitrogens with two attached hydrogens (primary N) is 1. The zero-order chi connectivity index (χ0) is 17.4. The van der Waals surface area contributed by atoms with Gasteiger partial charge in [0.05, 0.1) is 4.90 Å². The molecule has 1 heterocycles. The zero-order valence-corrected chi connectivity index (χ0v) is 14.7. The van der Waals surface area contributed by atoms with E-state index in [-0.39, 0.29) is 23.4 Å². The Labute approximate surface area is 136 Å². The van der Waals surface area contributed by atoms with Gasteiger partial charge < -0.3 is 5.73 Å². The number of hydrogen-bond donors (Lipinski definition) is 1. The van der Waals surface area contributed by atoms with Crippen LogP contribution in [0, 0.1) is 11.7 Å². The van der Waals surface area contributed by atoms with E-state index in [2.05, 4.69) is 0 Å². The first-order chi connectivity index (χ1) is 10.6. The molecule has 2 N–H and O–H groups in total. The van der Waals surface area contributed by atoms with Gasteiger partial charge in [-0.1, -0.05) is 6.92 Å². The van der Waals surface area contributed by atoms with Crippen molar-refractivity contribution in [2.45, 2.75) is 35.6 Å². The molecule has 0 saturated carbocycles. The molecule has 1 aliphatic rings. The number of nitrogens with zero attached hydrogens (tertiary/aromatic N) is 1. The predicted molar refractivity (Wildman–Crippen MR) is 84.6 cm³/mol. The number of sulfone groups is 1. The van der Waals surface area contributed by atoms with Crippen LogP contribution in [0.3, 0.4) is 0 Å². The Morgan fingerprint density at radius 2 is 1.96 bits per heavy atom. The fourth-order valence-electron chi connectivity index (χ4n) is 2.94. The smallest absolute Gasteiger partial charge is 0.243 e. The first kappa shape index (κ1) is 18.3. The van der Waals surface area contributed by atoms with Crippen LogP contribution in [0.4, 0.5) is 4.39 Å². The second kappa shape index (κ2) is 6.46. The van der Waals surface area contributed by atoms with Crippen LogP contribution >= 0.6 is 0 Å². The van der Waals surface area contributed by atoms with E-state index in [0.29, 0.717) is 13.0 Å². The lowest BCUT2D eigenvalue weighted by molar-refractivity contribution is 0.192. The Hall–Kier alpha value is -1.03. The Balaban J connectivity index is 2.46. The van der Waals surface area contributed by atoms with E-state index in [1.54, 1.807) is 0 Å². The summed E-state index contributed by atoms with van der Waals surface area (Å²) in [6.45, 7) is 2.45. The third-order valence-corrected chi connectivity index (χ3v) is 7.27. The van der Waals surface area contributed by atoms with Gasteiger partial charge in [0.1, 0.15) is 10.7 Å². The molecule has 1 aromatic rings. The largest absolute Gasteiger partial charge is 0.329 e. The average Bonchev–Trinajstić information content (AvgIpc) is 2.45. The maximum atomic E-state index is 14.0. The molecule has 6 nitrogen and oxygen atoms in total. The van der Waals surface area contributed by atoms with Crippen LogP contribution in [0.25, 0.3) is 0 Å². The summed E-state index contributed by atoms with van der Waals surface area (Å²) in [5.41, 5.74) is 5.71. The van der Waals surface area contributed by atoms with Crippen molar-refractivity contribution in [1.82, 2.24) is 4.31 Å². The summed E-state index contributed by atoms with van der Waals surface area (Å²) in [5, 5.41) is 0. The van der Waals surface area contributed by atoms with Gasteiger partial charge in [0.2, 0.25) is 10.0 Å². The van der Waals surface area contributed by atoms with E-state index < -0.39 is 30.6 Å². The fourth-order valence-corrected chi connectivity index (χ4v) is 5.45. The van der Waals surface area contributed by atoms with Crippen LogP contribution in [-0.4, -0.2) is 46.5 Å². The van der Waals surface area contributed by atoms with Gasteiger partial charge in [-0.25, -0.2) is 21.2 Å². The van der Waals surface area contributed by atoms with E-state index in [4.69, 9.17) is 5.73 Å². The molecule has 0 spiro atoms. The minimum absolute atomic E-state index is 0.115. The normalized spacial score (nSPS) is 23.8. The molecule has 23 heavy (non-hydrogen) atoms. The van der Waals surface area contributed by atoms with Gasteiger partial charge in [-0.3, -0.25) is 0 Å². The molecule has 0 bridgehead atoms. The highest BCUT2D eigenvalue weighted by Crippen LogP contribution is 2.29. The maximum absolute atomic E-state index is 14.0. The number of sulfonamides is 1. The molecule has 2 atom stereocenters. The first-order valence-corrected chi connectivity index (χ1v) is 10.6. The second-order valence-corrected chi connectivity index (χ2v) is 9.78. The number of hydrogen-bond acceptors (Lipinski definition) is 5. The van der Waals surface area contributed by atoms with E-state index in [1.165, 1.54) is 4.31 Å². The Bertz CT molecular complexity index is 793. The van der Waals surface area contributed by atoms with Crippen molar-refractivity contribution in [2.75, 3.05) is 19.3 Å². The molecule has 2 rings (SSSR count). The van der Waals surface area contributed by atoms with Crippen molar-refractivity contribution < 1.29 is 21.2 Å². The Morgan fingerprint density at radius 3 is 2.48 bits per heavy atom. The summed E-state index contributed by atoms with van der Waals surface area (Å²) in [7, 11) is -7.67. The van der Waals surface area contributed by atoms with Gasteiger partial charge in [0.15, 0.2) is 9.84 Å². The van der Waals surface area contributed by atoms with Crippen LogP contribution in [-0.2, 0) is 19.9 Å². The minimum atomic E-state index is -3.92. The third-order valence-electron chi connectivity index (χ3n) is 4.22. The Morgan fingerprint density at radius 1 is 1.30 bits per heavy atom. The second-order valence-electron chi connectivity index (χ2n) is 5.90. The first-order valence-electron chi connectivity index (χ1n) is 7.30. The lowest BCUT2D eigenvalue weighted by atomic mass is 9.93. The molecule has 0 radical (unpaired) electrons. The molecule has 130 valence electrons. The highest BCUT2D eigenvalue weighted by atomic mass is 32.2. The molecule has 2 unspecified atom stereocenters. The summed E-state index contributed by atoms with van der Waals surface area (Å²) in [6.07, 6.45) is 2.46. The number of halogens is 1. The van der Waals surface area contributed by atoms with Crippen molar-refractivity contribution in [1.29, 1.82) is 0 Å². The van der Waals surface area contributed by atoms with Gasteiger partial charge in [0, 0.05) is 25.4 Å². The van der Waals surface area contributed by atoms with Crippen LogP contribution < -0.4 is 5.73 Å². The van der Waals surface area contributed by atoms with Crippen LogP contribution in [0.2, 0.25) is 0 Å². The molecule has 0 aliphatic carbocycles. The quantitative estimate of drug-likeness (QED) is 0.859. The van der Waals surface area contributed by atoms with Crippen molar-refractivity contribution in [3.63, 3.8) is 0 Å². The van der Waals surface area contributed by atoms with Crippen LogP contribution in [0.1, 0.15) is 19.8 Å². The Kier molecular flexibility index (Phi) is 5.15. The molecule has 1 saturated heterocycles. The standard InChI is InChI=1S/C14H21FN2O4S2/c1-10-4-3-7-17(13(10)9-16)23(20,21)11-5-6-14(12(15)8-11)22(2,18)19/h5-6,8,10,13H,3-4,7,9,16H2,1-2H3. The molecule has 1 aromatic carbocycles. The highest BCUT2D eigenvalue weighted by Gasteiger charge is 2.36. The zero-order valence-electron chi connectivity index (χ0n) is 13.1. The van der Waals surface area contributed by atoms with E-state index in [0.717, 1.165) is 30.9 Å². The predicted octanol–water partition coefficient (Wildman–Crippen LogP) is 0.977. The van der Waals surface area contributed by atoms with Gasteiger partial charge in [-0.2, -0.15) is 4.31 Å². The number of benzene rings is 1. The monoisotopic (exact) mass is 364 g/mol. The van der Waals surface area contributed by atoms with E-state index >= 15 is 0 Å².